The Balaban J connectivity index is 1.55. The topological polar surface area (TPSA) is 84.0 Å². The lowest BCUT2D eigenvalue weighted by atomic mass is 9.88. The highest BCUT2D eigenvalue weighted by molar-refractivity contribution is 7.18. The van der Waals surface area contributed by atoms with Crippen LogP contribution in [0.5, 0.6) is 0 Å². The smallest absolute Gasteiger partial charge is 0.248 e. The van der Waals surface area contributed by atoms with E-state index >= 15 is 0 Å². The number of amides is 2. The first-order valence-electron chi connectivity index (χ1n) is 9.04. The SMILES string of the molecule is Cc1ccc(-c2nnc(NC(=O)C(C)NC(=O)C3CCCCC3)s2)cc1. The van der Waals surface area contributed by atoms with Crippen LogP contribution in [0.25, 0.3) is 10.6 Å². The van der Waals surface area contributed by atoms with E-state index in [1.54, 1.807) is 6.92 Å². The van der Waals surface area contributed by atoms with Gasteiger partial charge in [-0.3, -0.25) is 14.9 Å². The molecule has 1 aliphatic carbocycles. The zero-order valence-electron chi connectivity index (χ0n) is 15.1. The van der Waals surface area contributed by atoms with Crippen molar-refractivity contribution in [1.82, 2.24) is 15.5 Å². The number of aryl methyl sites for hydroxylation is 1. The molecule has 1 saturated carbocycles. The van der Waals surface area contributed by atoms with Gasteiger partial charge in [0, 0.05) is 11.5 Å². The highest BCUT2D eigenvalue weighted by atomic mass is 32.1. The quantitative estimate of drug-likeness (QED) is 0.841. The molecule has 2 amide bonds. The maximum Gasteiger partial charge on any atom is 0.248 e. The Labute approximate surface area is 157 Å². The normalized spacial score (nSPS) is 16.1. The second kappa shape index (κ2) is 8.40. The van der Waals surface area contributed by atoms with Gasteiger partial charge in [-0.25, -0.2) is 0 Å². The molecule has 0 radical (unpaired) electrons. The van der Waals surface area contributed by atoms with Crippen molar-refractivity contribution >= 4 is 28.3 Å². The van der Waals surface area contributed by atoms with E-state index in [9.17, 15) is 9.59 Å². The minimum absolute atomic E-state index is 0.0232. The fourth-order valence-electron chi connectivity index (χ4n) is 3.06. The van der Waals surface area contributed by atoms with Gasteiger partial charge in [0.25, 0.3) is 0 Å². The predicted molar refractivity (Wildman–Crippen MR) is 103 cm³/mol. The summed E-state index contributed by atoms with van der Waals surface area (Å²) in [6.07, 6.45) is 5.20. The number of carbonyl (C=O) groups excluding carboxylic acids is 2. The summed E-state index contributed by atoms with van der Waals surface area (Å²) in [5.41, 5.74) is 2.14. The van der Waals surface area contributed by atoms with Gasteiger partial charge in [0.05, 0.1) is 0 Å². The van der Waals surface area contributed by atoms with Crippen molar-refractivity contribution in [3.05, 3.63) is 29.8 Å². The maximum absolute atomic E-state index is 12.3. The van der Waals surface area contributed by atoms with E-state index in [2.05, 4.69) is 20.8 Å². The van der Waals surface area contributed by atoms with Crippen molar-refractivity contribution in [1.29, 1.82) is 0 Å². The fourth-order valence-corrected chi connectivity index (χ4v) is 3.81. The molecular formula is C19H24N4O2S. The van der Waals surface area contributed by atoms with Crippen LogP contribution in [0.2, 0.25) is 0 Å². The first-order valence-corrected chi connectivity index (χ1v) is 9.86. The van der Waals surface area contributed by atoms with E-state index in [1.807, 2.05) is 31.2 Å². The first-order chi connectivity index (χ1) is 12.5. The zero-order chi connectivity index (χ0) is 18.5. The lowest BCUT2D eigenvalue weighted by molar-refractivity contribution is -0.129. The van der Waals surface area contributed by atoms with Crippen molar-refractivity contribution in [3.8, 4) is 10.6 Å². The molecule has 0 bridgehead atoms. The van der Waals surface area contributed by atoms with Crippen LogP contribution in [0, 0.1) is 12.8 Å². The Bertz CT molecular complexity index is 766. The zero-order valence-corrected chi connectivity index (χ0v) is 15.9. The van der Waals surface area contributed by atoms with Crippen LogP contribution in [0.4, 0.5) is 5.13 Å². The van der Waals surface area contributed by atoms with E-state index in [0.717, 1.165) is 36.3 Å². The number of benzene rings is 1. The van der Waals surface area contributed by atoms with Crippen LogP contribution in [0.1, 0.15) is 44.6 Å². The molecule has 1 unspecified atom stereocenters. The van der Waals surface area contributed by atoms with Gasteiger partial charge in [0.1, 0.15) is 11.0 Å². The van der Waals surface area contributed by atoms with Gasteiger partial charge < -0.3 is 5.32 Å². The average molecular weight is 372 g/mol. The third-order valence-corrected chi connectivity index (χ3v) is 5.57. The number of nitrogens with one attached hydrogen (secondary N) is 2. The molecule has 1 aromatic carbocycles. The highest BCUT2D eigenvalue weighted by Crippen LogP contribution is 2.27. The standard InChI is InChI=1S/C19H24N4O2S/c1-12-8-10-15(11-9-12)18-22-23-19(26-18)21-16(24)13(2)20-17(25)14-6-4-3-5-7-14/h8-11,13-14H,3-7H2,1-2H3,(H,20,25)(H,21,23,24). The van der Waals surface area contributed by atoms with Crippen LogP contribution < -0.4 is 10.6 Å². The maximum atomic E-state index is 12.3. The Morgan fingerprint density at radius 1 is 1.12 bits per heavy atom. The molecule has 7 heteroatoms. The highest BCUT2D eigenvalue weighted by Gasteiger charge is 2.24. The van der Waals surface area contributed by atoms with Crippen molar-refractivity contribution in [2.24, 2.45) is 5.92 Å². The molecule has 1 fully saturated rings. The Hall–Kier alpha value is -2.28. The lowest BCUT2D eigenvalue weighted by Gasteiger charge is -2.22. The van der Waals surface area contributed by atoms with Gasteiger partial charge in [-0.15, -0.1) is 10.2 Å². The van der Waals surface area contributed by atoms with E-state index in [1.165, 1.54) is 23.3 Å². The van der Waals surface area contributed by atoms with Gasteiger partial charge >= 0.3 is 0 Å². The lowest BCUT2D eigenvalue weighted by Crippen LogP contribution is -2.44. The molecule has 138 valence electrons. The van der Waals surface area contributed by atoms with Crippen molar-refractivity contribution in [2.45, 2.75) is 52.0 Å². The van der Waals surface area contributed by atoms with Gasteiger partial charge in [-0.1, -0.05) is 60.4 Å². The molecule has 1 heterocycles. The largest absolute Gasteiger partial charge is 0.344 e. The van der Waals surface area contributed by atoms with E-state index in [0.29, 0.717) is 5.13 Å². The number of nitrogens with zero attached hydrogens (tertiary/aromatic N) is 2. The van der Waals surface area contributed by atoms with E-state index in [4.69, 9.17) is 0 Å². The van der Waals surface area contributed by atoms with Crippen LogP contribution in [-0.2, 0) is 9.59 Å². The Morgan fingerprint density at radius 2 is 1.81 bits per heavy atom. The summed E-state index contributed by atoms with van der Waals surface area (Å²) in [4.78, 5) is 24.6. The third-order valence-electron chi connectivity index (χ3n) is 4.68. The molecular weight excluding hydrogens is 348 g/mol. The molecule has 1 aliphatic rings. The average Bonchev–Trinajstić information content (AvgIpc) is 3.11. The van der Waals surface area contributed by atoms with Gasteiger partial charge in [-0.2, -0.15) is 0 Å². The van der Waals surface area contributed by atoms with Crippen LogP contribution in [-0.4, -0.2) is 28.1 Å². The molecule has 0 aliphatic heterocycles. The van der Waals surface area contributed by atoms with Crippen LogP contribution >= 0.6 is 11.3 Å². The minimum Gasteiger partial charge on any atom is -0.344 e. The fraction of sp³-hybridized carbons (Fsp3) is 0.474. The number of hydrogen-bond acceptors (Lipinski definition) is 5. The summed E-state index contributed by atoms with van der Waals surface area (Å²) in [5, 5.41) is 14.9. The molecule has 26 heavy (non-hydrogen) atoms. The number of hydrogen-bond donors (Lipinski definition) is 2. The summed E-state index contributed by atoms with van der Waals surface area (Å²) < 4.78 is 0. The molecule has 0 saturated heterocycles. The summed E-state index contributed by atoms with van der Waals surface area (Å²) in [6, 6.07) is 7.38. The second-order valence-electron chi connectivity index (χ2n) is 6.83. The Morgan fingerprint density at radius 3 is 2.50 bits per heavy atom. The predicted octanol–water partition coefficient (Wildman–Crippen LogP) is 3.54. The molecule has 1 aromatic heterocycles. The monoisotopic (exact) mass is 372 g/mol. The molecule has 3 rings (SSSR count). The first kappa shape index (κ1) is 18.5. The number of aromatic nitrogens is 2. The summed E-state index contributed by atoms with van der Waals surface area (Å²) in [7, 11) is 0. The van der Waals surface area contributed by atoms with Crippen LogP contribution in [0.3, 0.4) is 0 Å². The summed E-state index contributed by atoms with van der Waals surface area (Å²) in [5.74, 6) is -0.264. The van der Waals surface area contributed by atoms with Crippen molar-refractivity contribution < 1.29 is 9.59 Å². The van der Waals surface area contributed by atoms with E-state index in [-0.39, 0.29) is 17.7 Å². The van der Waals surface area contributed by atoms with Gasteiger partial charge in [0.2, 0.25) is 16.9 Å². The molecule has 0 spiro atoms. The Kier molecular flexibility index (Phi) is 5.98. The number of rotatable bonds is 5. The van der Waals surface area contributed by atoms with Crippen molar-refractivity contribution in [3.63, 3.8) is 0 Å². The number of carbonyl (C=O) groups is 2. The van der Waals surface area contributed by atoms with Crippen LogP contribution in [0.15, 0.2) is 24.3 Å². The molecule has 1 atom stereocenters. The number of anilines is 1. The van der Waals surface area contributed by atoms with Gasteiger partial charge in [0.15, 0.2) is 0 Å². The van der Waals surface area contributed by atoms with E-state index < -0.39 is 6.04 Å². The molecule has 6 nitrogen and oxygen atoms in total. The van der Waals surface area contributed by atoms with Crippen molar-refractivity contribution in [2.75, 3.05) is 5.32 Å². The second-order valence-corrected chi connectivity index (χ2v) is 7.81. The summed E-state index contributed by atoms with van der Waals surface area (Å²) >= 11 is 1.32. The van der Waals surface area contributed by atoms with Gasteiger partial charge in [-0.05, 0) is 26.7 Å². The molecule has 2 N–H and O–H groups in total. The third kappa shape index (κ3) is 4.66. The summed E-state index contributed by atoms with van der Waals surface area (Å²) in [6.45, 7) is 3.72. The minimum atomic E-state index is -0.601. The molecule has 2 aromatic rings.